The minimum absolute atomic E-state index is 0.00941. The van der Waals surface area contributed by atoms with Gasteiger partial charge in [0.1, 0.15) is 10.0 Å². The van der Waals surface area contributed by atoms with Gasteiger partial charge in [0.05, 0.1) is 6.54 Å². The van der Waals surface area contributed by atoms with Crippen molar-refractivity contribution in [3.63, 3.8) is 0 Å². The number of anilines is 1. The Balaban J connectivity index is 1.46. The van der Waals surface area contributed by atoms with Crippen LogP contribution in [0.5, 0.6) is 0 Å². The summed E-state index contributed by atoms with van der Waals surface area (Å²) in [5, 5.41) is 15.8. The van der Waals surface area contributed by atoms with Gasteiger partial charge in [0.15, 0.2) is 5.13 Å². The number of carbonyl (C=O) groups is 1. The van der Waals surface area contributed by atoms with Gasteiger partial charge in [-0.05, 0) is 32.9 Å². The van der Waals surface area contributed by atoms with Gasteiger partial charge in [-0.1, -0.05) is 0 Å². The number of nitrogens with zero attached hydrogens (tertiary/aromatic N) is 4. The van der Waals surface area contributed by atoms with Crippen LogP contribution in [0.1, 0.15) is 28.8 Å². The molecule has 0 aliphatic carbocycles. The molecule has 2 aromatic heterocycles. The van der Waals surface area contributed by atoms with Crippen molar-refractivity contribution in [2.45, 2.75) is 25.7 Å². The number of aromatic nitrogens is 3. The summed E-state index contributed by atoms with van der Waals surface area (Å²) >= 11 is 3.12. The second-order valence-electron chi connectivity index (χ2n) is 5.10. The first-order valence-electron chi connectivity index (χ1n) is 6.92. The van der Waals surface area contributed by atoms with Crippen LogP contribution >= 0.6 is 22.7 Å². The molecule has 2 aromatic rings. The molecule has 0 bridgehead atoms. The summed E-state index contributed by atoms with van der Waals surface area (Å²) < 4.78 is 0. The number of hydrogen-bond acceptors (Lipinski definition) is 7. The summed E-state index contributed by atoms with van der Waals surface area (Å²) in [7, 11) is 0. The molecule has 3 rings (SSSR count). The highest BCUT2D eigenvalue weighted by molar-refractivity contribution is 7.13. The molecule has 6 nitrogen and oxygen atoms in total. The molecular weight excluding hydrogens is 306 g/mol. The van der Waals surface area contributed by atoms with Crippen LogP contribution in [0.25, 0.3) is 0 Å². The highest BCUT2D eigenvalue weighted by Gasteiger charge is 2.24. The predicted molar refractivity (Wildman–Crippen MR) is 83.8 cm³/mol. The van der Waals surface area contributed by atoms with Crippen LogP contribution in [-0.2, 0) is 4.79 Å². The van der Waals surface area contributed by atoms with E-state index in [9.17, 15) is 4.79 Å². The molecule has 3 heterocycles. The third-order valence-electron chi connectivity index (χ3n) is 3.52. The lowest BCUT2D eigenvalue weighted by molar-refractivity contribution is -0.117. The summed E-state index contributed by atoms with van der Waals surface area (Å²) in [6.07, 6.45) is 3.77. The van der Waals surface area contributed by atoms with E-state index < -0.39 is 0 Å². The van der Waals surface area contributed by atoms with Gasteiger partial charge in [0.25, 0.3) is 0 Å². The van der Waals surface area contributed by atoms with Crippen molar-refractivity contribution in [1.82, 2.24) is 20.1 Å². The Morgan fingerprint density at radius 3 is 2.86 bits per heavy atom. The summed E-state index contributed by atoms with van der Waals surface area (Å²) in [5.41, 5.74) is 0. The largest absolute Gasteiger partial charge is 0.301 e. The number of hydrogen-bond donors (Lipinski definition) is 1. The van der Waals surface area contributed by atoms with Crippen molar-refractivity contribution in [3.05, 3.63) is 21.6 Å². The molecule has 0 atom stereocenters. The molecule has 112 valence electrons. The fraction of sp³-hybridized carbons (Fsp3) is 0.538. The molecule has 0 unspecified atom stereocenters. The molecule has 8 heteroatoms. The van der Waals surface area contributed by atoms with E-state index in [0.29, 0.717) is 17.6 Å². The van der Waals surface area contributed by atoms with E-state index in [-0.39, 0.29) is 5.91 Å². The molecule has 0 saturated carbocycles. The lowest BCUT2D eigenvalue weighted by atomic mass is 9.98. The lowest BCUT2D eigenvalue weighted by Gasteiger charge is -2.30. The number of carbonyl (C=O) groups excluding carboxylic acids is 1. The van der Waals surface area contributed by atoms with Gasteiger partial charge in [-0.2, -0.15) is 0 Å². The van der Waals surface area contributed by atoms with Crippen molar-refractivity contribution < 1.29 is 4.79 Å². The smallest absolute Gasteiger partial charge is 0.240 e. The lowest BCUT2D eigenvalue weighted by Crippen LogP contribution is -2.38. The van der Waals surface area contributed by atoms with Crippen molar-refractivity contribution in [2.24, 2.45) is 0 Å². The van der Waals surface area contributed by atoms with Gasteiger partial charge in [0.2, 0.25) is 5.91 Å². The normalized spacial score (nSPS) is 17.0. The summed E-state index contributed by atoms with van der Waals surface area (Å²) in [5.74, 6) is 0.504. The molecule has 1 aliphatic heterocycles. The van der Waals surface area contributed by atoms with Crippen molar-refractivity contribution in [3.8, 4) is 0 Å². The average Bonchev–Trinajstić information content (AvgIpc) is 3.11. The molecule has 0 aromatic carbocycles. The molecule has 1 saturated heterocycles. The number of nitrogens with one attached hydrogen (secondary N) is 1. The van der Waals surface area contributed by atoms with Crippen LogP contribution in [-0.4, -0.2) is 45.6 Å². The van der Waals surface area contributed by atoms with Crippen molar-refractivity contribution in [1.29, 1.82) is 0 Å². The number of amides is 1. The minimum Gasteiger partial charge on any atom is -0.301 e. The van der Waals surface area contributed by atoms with Crippen LogP contribution in [0.4, 0.5) is 5.13 Å². The number of thiazole rings is 1. The fourth-order valence-electron chi connectivity index (χ4n) is 2.46. The van der Waals surface area contributed by atoms with E-state index >= 15 is 0 Å². The molecular formula is C13H17N5OS2. The highest BCUT2D eigenvalue weighted by Crippen LogP contribution is 2.29. The van der Waals surface area contributed by atoms with Gasteiger partial charge >= 0.3 is 0 Å². The monoisotopic (exact) mass is 323 g/mol. The summed E-state index contributed by atoms with van der Waals surface area (Å²) in [4.78, 5) is 18.2. The Hall–Kier alpha value is -1.38. The van der Waals surface area contributed by atoms with Crippen LogP contribution in [0.2, 0.25) is 0 Å². The maximum absolute atomic E-state index is 11.9. The van der Waals surface area contributed by atoms with Gasteiger partial charge in [-0.15, -0.1) is 32.9 Å². The van der Waals surface area contributed by atoms with Crippen LogP contribution < -0.4 is 5.32 Å². The summed E-state index contributed by atoms with van der Waals surface area (Å²) in [6.45, 7) is 4.27. The molecule has 21 heavy (non-hydrogen) atoms. The van der Waals surface area contributed by atoms with E-state index in [1.165, 1.54) is 11.3 Å². The van der Waals surface area contributed by atoms with E-state index in [4.69, 9.17) is 0 Å². The Bertz CT molecular complexity index is 589. The number of aryl methyl sites for hydroxylation is 1. The third-order valence-corrected chi connectivity index (χ3v) is 5.21. The number of likely N-dealkylation sites (tertiary alicyclic amines) is 1. The van der Waals surface area contributed by atoms with Crippen LogP contribution in [0.3, 0.4) is 0 Å². The zero-order chi connectivity index (χ0) is 14.7. The first-order valence-corrected chi connectivity index (χ1v) is 8.62. The molecule has 0 spiro atoms. The number of rotatable bonds is 4. The topological polar surface area (TPSA) is 71.0 Å². The van der Waals surface area contributed by atoms with E-state index in [1.807, 2.05) is 12.3 Å². The molecule has 1 N–H and O–H groups in total. The zero-order valence-corrected chi connectivity index (χ0v) is 13.4. The quantitative estimate of drug-likeness (QED) is 0.933. The number of piperidine rings is 1. The van der Waals surface area contributed by atoms with Gasteiger partial charge in [-0.25, -0.2) is 4.98 Å². The molecule has 0 radical (unpaired) electrons. The summed E-state index contributed by atoms with van der Waals surface area (Å²) in [6, 6.07) is 0. The maximum Gasteiger partial charge on any atom is 0.240 e. The predicted octanol–water partition coefficient (Wildman–Crippen LogP) is 2.12. The first kappa shape index (κ1) is 14.6. The van der Waals surface area contributed by atoms with Crippen molar-refractivity contribution >= 4 is 33.7 Å². The first-order chi connectivity index (χ1) is 10.2. The SMILES string of the molecule is Cc1nnc(C2CCN(CC(=O)Nc3nccs3)CC2)s1. The van der Waals surface area contributed by atoms with Crippen LogP contribution in [0.15, 0.2) is 11.6 Å². The second-order valence-corrected chi connectivity index (χ2v) is 7.20. The third kappa shape index (κ3) is 3.84. The van der Waals surface area contributed by atoms with Gasteiger partial charge in [-0.3, -0.25) is 9.69 Å². The molecule has 1 amide bonds. The average molecular weight is 323 g/mol. The molecule has 1 aliphatic rings. The Labute approximate surface area is 131 Å². The Morgan fingerprint density at radius 2 is 2.24 bits per heavy atom. The zero-order valence-electron chi connectivity index (χ0n) is 11.8. The van der Waals surface area contributed by atoms with Crippen molar-refractivity contribution in [2.75, 3.05) is 25.0 Å². The van der Waals surface area contributed by atoms with E-state index in [0.717, 1.165) is 35.9 Å². The van der Waals surface area contributed by atoms with Gasteiger partial charge < -0.3 is 5.32 Å². The van der Waals surface area contributed by atoms with Gasteiger partial charge in [0, 0.05) is 17.5 Å². The minimum atomic E-state index is 0.00941. The highest BCUT2D eigenvalue weighted by atomic mass is 32.1. The van der Waals surface area contributed by atoms with E-state index in [2.05, 4.69) is 25.4 Å². The van der Waals surface area contributed by atoms with Crippen LogP contribution in [0, 0.1) is 6.92 Å². The Morgan fingerprint density at radius 1 is 1.43 bits per heavy atom. The second kappa shape index (κ2) is 6.59. The maximum atomic E-state index is 11.9. The Kier molecular flexibility index (Phi) is 4.57. The fourth-order valence-corrected chi connectivity index (χ4v) is 3.88. The van der Waals surface area contributed by atoms with E-state index in [1.54, 1.807) is 17.5 Å². The standard InChI is InChI=1S/C13H17N5OS2/c1-9-16-17-12(21-9)10-2-5-18(6-3-10)8-11(19)15-13-14-4-7-20-13/h4,7,10H,2-3,5-6,8H2,1H3,(H,14,15,19). The molecule has 1 fully saturated rings.